The van der Waals surface area contributed by atoms with Gasteiger partial charge in [-0.05, 0) is 12.8 Å². The second-order valence-electron chi connectivity index (χ2n) is 7.30. The lowest BCUT2D eigenvalue weighted by Crippen LogP contribution is -2.39. The zero-order chi connectivity index (χ0) is 22.4. The molecule has 172 valence electrons. The van der Waals surface area contributed by atoms with Gasteiger partial charge in [0.15, 0.2) is 6.39 Å². The van der Waals surface area contributed by atoms with E-state index in [0.29, 0.717) is 18.4 Å². The molecular weight excluding hydrogens is 423 g/mol. The highest BCUT2D eigenvalue weighted by molar-refractivity contribution is 5.73. The number of carbonyl (C=O) groups is 1. The molecule has 0 spiro atoms. The summed E-state index contributed by atoms with van der Waals surface area (Å²) in [6, 6.07) is 0. The molecule has 2 aliphatic heterocycles. The Kier molecular flexibility index (Phi) is 7.62. The SMILES string of the molecule is COC(Cn1cc(-c2ncoc2C2CNC2)nn1)C1CCCOC1.O=C(O)C(F)(F)F. The van der Waals surface area contributed by atoms with Crippen LogP contribution in [0.1, 0.15) is 24.5 Å². The monoisotopic (exact) mass is 447 g/mol. The fourth-order valence-electron chi connectivity index (χ4n) is 3.37. The second kappa shape index (κ2) is 10.2. The second-order valence-corrected chi connectivity index (χ2v) is 7.30. The highest BCUT2D eigenvalue weighted by Crippen LogP contribution is 2.29. The average Bonchev–Trinajstić information content (AvgIpc) is 3.34. The smallest absolute Gasteiger partial charge is 0.475 e. The normalized spacial score (nSPS) is 20.5. The van der Waals surface area contributed by atoms with Crippen LogP contribution in [-0.4, -0.2) is 76.7 Å². The molecule has 31 heavy (non-hydrogen) atoms. The van der Waals surface area contributed by atoms with Crippen molar-refractivity contribution in [1.29, 1.82) is 0 Å². The van der Waals surface area contributed by atoms with E-state index in [-0.39, 0.29) is 6.10 Å². The quantitative estimate of drug-likeness (QED) is 0.681. The number of hydrogen-bond donors (Lipinski definition) is 2. The summed E-state index contributed by atoms with van der Waals surface area (Å²) >= 11 is 0. The van der Waals surface area contributed by atoms with E-state index in [0.717, 1.165) is 56.3 Å². The summed E-state index contributed by atoms with van der Waals surface area (Å²) < 4.78 is 50.4. The molecule has 2 aliphatic rings. The van der Waals surface area contributed by atoms with Gasteiger partial charge in [-0.3, -0.25) is 0 Å². The number of carboxylic acid groups (broad SMARTS) is 1. The predicted molar refractivity (Wildman–Crippen MR) is 99.2 cm³/mol. The van der Waals surface area contributed by atoms with E-state index in [1.54, 1.807) is 7.11 Å². The molecule has 2 saturated heterocycles. The van der Waals surface area contributed by atoms with Gasteiger partial charge in [-0.2, -0.15) is 13.2 Å². The van der Waals surface area contributed by atoms with Crippen LogP contribution in [0.5, 0.6) is 0 Å². The maximum Gasteiger partial charge on any atom is 0.490 e. The number of hydrogen-bond acceptors (Lipinski definition) is 8. The first-order chi connectivity index (χ1) is 14.8. The number of methoxy groups -OCH3 is 1. The maximum atomic E-state index is 10.6. The van der Waals surface area contributed by atoms with Crippen molar-refractivity contribution < 1.29 is 37.0 Å². The van der Waals surface area contributed by atoms with Crippen molar-refractivity contribution >= 4 is 5.97 Å². The highest BCUT2D eigenvalue weighted by atomic mass is 19.4. The van der Waals surface area contributed by atoms with Crippen LogP contribution in [0, 0.1) is 5.92 Å². The molecular formula is C18H24F3N5O5. The summed E-state index contributed by atoms with van der Waals surface area (Å²) in [5.41, 5.74) is 1.54. The van der Waals surface area contributed by atoms with Crippen molar-refractivity contribution in [3.05, 3.63) is 18.4 Å². The predicted octanol–water partition coefficient (Wildman–Crippen LogP) is 1.69. The van der Waals surface area contributed by atoms with Crippen molar-refractivity contribution in [1.82, 2.24) is 25.3 Å². The third-order valence-electron chi connectivity index (χ3n) is 5.16. The van der Waals surface area contributed by atoms with Crippen molar-refractivity contribution in [3.63, 3.8) is 0 Å². The van der Waals surface area contributed by atoms with E-state index < -0.39 is 12.1 Å². The molecule has 0 amide bonds. The third kappa shape index (κ3) is 6.02. The first-order valence-corrected chi connectivity index (χ1v) is 9.74. The minimum Gasteiger partial charge on any atom is -0.475 e. The van der Waals surface area contributed by atoms with Gasteiger partial charge < -0.3 is 24.3 Å². The lowest BCUT2D eigenvalue weighted by Gasteiger charge is -2.28. The molecule has 2 fully saturated rings. The van der Waals surface area contributed by atoms with E-state index >= 15 is 0 Å². The molecule has 2 N–H and O–H groups in total. The summed E-state index contributed by atoms with van der Waals surface area (Å²) in [4.78, 5) is 13.2. The van der Waals surface area contributed by atoms with Crippen LogP contribution >= 0.6 is 0 Å². The Morgan fingerprint density at radius 1 is 1.45 bits per heavy atom. The Morgan fingerprint density at radius 2 is 2.19 bits per heavy atom. The Hall–Kier alpha value is -2.51. The summed E-state index contributed by atoms with van der Waals surface area (Å²) in [7, 11) is 1.75. The molecule has 2 aromatic rings. The molecule has 0 bridgehead atoms. The lowest BCUT2D eigenvalue weighted by molar-refractivity contribution is -0.192. The summed E-state index contributed by atoms with van der Waals surface area (Å²) in [6.07, 6.45) is 0.614. The fourth-order valence-corrected chi connectivity index (χ4v) is 3.37. The molecule has 13 heteroatoms. The van der Waals surface area contributed by atoms with Crippen molar-refractivity contribution in [2.45, 2.75) is 37.6 Å². The summed E-state index contributed by atoms with van der Waals surface area (Å²) in [5.74, 6) is -1.09. The molecule has 0 aromatic carbocycles. The number of nitrogens with one attached hydrogen (secondary N) is 1. The summed E-state index contributed by atoms with van der Waals surface area (Å²) in [5, 5.41) is 18.9. The number of halogens is 3. The average molecular weight is 447 g/mol. The van der Waals surface area contributed by atoms with E-state index in [9.17, 15) is 13.2 Å². The number of nitrogens with zero attached hydrogens (tertiary/aromatic N) is 4. The largest absolute Gasteiger partial charge is 0.490 e. The van der Waals surface area contributed by atoms with Crippen LogP contribution in [-0.2, 0) is 20.8 Å². The van der Waals surface area contributed by atoms with Gasteiger partial charge in [-0.1, -0.05) is 5.21 Å². The Morgan fingerprint density at radius 3 is 2.74 bits per heavy atom. The van der Waals surface area contributed by atoms with Gasteiger partial charge in [0, 0.05) is 38.6 Å². The van der Waals surface area contributed by atoms with Crippen molar-refractivity contribution in [2.24, 2.45) is 5.92 Å². The molecule has 0 radical (unpaired) electrons. The molecule has 10 nitrogen and oxygen atoms in total. The minimum absolute atomic E-state index is 0.0764. The van der Waals surface area contributed by atoms with Gasteiger partial charge >= 0.3 is 12.1 Å². The first-order valence-electron chi connectivity index (χ1n) is 9.74. The number of rotatable bonds is 6. The van der Waals surface area contributed by atoms with Crippen molar-refractivity contribution in [3.8, 4) is 11.4 Å². The third-order valence-corrected chi connectivity index (χ3v) is 5.16. The molecule has 2 atom stereocenters. The summed E-state index contributed by atoms with van der Waals surface area (Å²) in [6.45, 7) is 4.11. The zero-order valence-corrected chi connectivity index (χ0v) is 16.8. The topological polar surface area (TPSA) is 125 Å². The van der Waals surface area contributed by atoms with Gasteiger partial charge in [0.05, 0.1) is 25.5 Å². The Bertz CT molecular complexity index is 846. The number of aliphatic carboxylic acids is 1. The van der Waals surface area contributed by atoms with Crippen LogP contribution in [0.3, 0.4) is 0 Å². The molecule has 2 aromatic heterocycles. The molecule has 2 unspecified atom stereocenters. The van der Waals surface area contributed by atoms with Crippen LogP contribution in [0.2, 0.25) is 0 Å². The van der Waals surface area contributed by atoms with Gasteiger partial charge in [-0.15, -0.1) is 5.10 Å². The zero-order valence-electron chi connectivity index (χ0n) is 16.8. The van der Waals surface area contributed by atoms with E-state index in [1.807, 2.05) is 10.9 Å². The number of oxazole rings is 1. The van der Waals surface area contributed by atoms with Gasteiger partial charge in [-0.25, -0.2) is 14.5 Å². The molecule has 0 saturated carbocycles. The van der Waals surface area contributed by atoms with E-state index in [2.05, 4.69) is 20.6 Å². The lowest BCUT2D eigenvalue weighted by atomic mass is 9.96. The van der Waals surface area contributed by atoms with Crippen molar-refractivity contribution in [2.75, 3.05) is 33.4 Å². The van der Waals surface area contributed by atoms with Crippen LogP contribution in [0.15, 0.2) is 17.0 Å². The fraction of sp³-hybridized carbons (Fsp3) is 0.667. The van der Waals surface area contributed by atoms with Gasteiger partial charge in [0.2, 0.25) is 0 Å². The number of carboxylic acids is 1. The van der Waals surface area contributed by atoms with Gasteiger partial charge in [0.1, 0.15) is 17.1 Å². The minimum atomic E-state index is -5.08. The van der Waals surface area contributed by atoms with Crippen LogP contribution < -0.4 is 5.32 Å². The molecule has 4 heterocycles. The Labute approximate surface area is 175 Å². The number of alkyl halides is 3. The highest BCUT2D eigenvalue weighted by Gasteiger charge is 2.38. The first kappa shape index (κ1) is 23.2. The van der Waals surface area contributed by atoms with Crippen LogP contribution in [0.4, 0.5) is 13.2 Å². The molecule has 0 aliphatic carbocycles. The van der Waals surface area contributed by atoms with E-state index in [1.165, 1.54) is 6.39 Å². The Balaban J connectivity index is 0.000000339. The standard InChI is InChI=1S/C16H23N5O3.C2HF3O2/c1-22-14(11-3-2-4-23-9-11)8-21-7-13(19-20-21)15-16(24-10-18-15)12-5-17-6-12;3-2(4,5)1(6)7/h7,10-12,14,17H,2-6,8-9H2,1H3;(H,6,7). The number of ether oxygens (including phenoxy) is 2. The maximum absolute atomic E-state index is 10.6. The number of aromatic nitrogens is 4. The van der Waals surface area contributed by atoms with Gasteiger partial charge in [0.25, 0.3) is 0 Å². The van der Waals surface area contributed by atoms with E-state index in [4.69, 9.17) is 23.8 Å². The van der Waals surface area contributed by atoms with Crippen LogP contribution in [0.25, 0.3) is 11.4 Å². The molecule has 4 rings (SSSR count).